The highest BCUT2D eigenvalue weighted by Crippen LogP contribution is 2.13. The van der Waals surface area contributed by atoms with Crippen molar-refractivity contribution >= 4 is 0 Å². The van der Waals surface area contributed by atoms with Gasteiger partial charge in [-0.05, 0) is 18.8 Å². The number of nitrogens with zero attached hydrogens (tertiary/aromatic N) is 3. The summed E-state index contributed by atoms with van der Waals surface area (Å²) in [7, 11) is 0. The Balaban J connectivity index is 2.44. The summed E-state index contributed by atoms with van der Waals surface area (Å²) in [5.41, 5.74) is 5.88. The molecule has 0 fully saturated rings. The summed E-state index contributed by atoms with van der Waals surface area (Å²) in [5.74, 6) is 1.31. The molecule has 0 radical (unpaired) electrons. The molecule has 0 bridgehead atoms. The van der Waals surface area contributed by atoms with Crippen LogP contribution >= 0.6 is 0 Å². The molecule has 0 aliphatic carbocycles. The Hall–Kier alpha value is -1.03. The molecule has 1 heterocycles. The summed E-state index contributed by atoms with van der Waals surface area (Å²) in [6.07, 6.45) is 5.19. The van der Waals surface area contributed by atoms with Crippen molar-refractivity contribution in [2.24, 2.45) is 11.7 Å². The van der Waals surface area contributed by atoms with Gasteiger partial charge in [0.05, 0.1) is 12.2 Å². The Labute approximate surface area is 78.6 Å². The zero-order valence-corrected chi connectivity index (χ0v) is 8.14. The highest BCUT2D eigenvalue weighted by Gasteiger charge is 2.09. The van der Waals surface area contributed by atoms with Crippen LogP contribution in [0.15, 0.2) is 12.4 Å². The molecular formula is C9H16N4. The molecule has 0 aliphatic heterocycles. The van der Waals surface area contributed by atoms with Gasteiger partial charge in [0.1, 0.15) is 0 Å². The van der Waals surface area contributed by atoms with Crippen molar-refractivity contribution < 1.29 is 0 Å². The number of aromatic nitrogens is 3. The number of nitrogens with two attached hydrogens (primary N) is 1. The Morgan fingerprint density at radius 3 is 2.62 bits per heavy atom. The van der Waals surface area contributed by atoms with Gasteiger partial charge < -0.3 is 5.73 Å². The van der Waals surface area contributed by atoms with E-state index in [0.717, 1.165) is 12.8 Å². The minimum absolute atomic E-state index is 0.0731. The van der Waals surface area contributed by atoms with E-state index in [0.29, 0.717) is 11.7 Å². The van der Waals surface area contributed by atoms with Gasteiger partial charge in [-0.2, -0.15) is 5.10 Å². The Morgan fingerprint density at radius 2 is 2.08 bits per heavy atom. The number of hydrogen-bond acceptors (Lipinski definition) is 4. The van der Waals surface area contributed by atoms with E-state index < -0.39 is 0 Å². The van der Waals surface area contributed by atoms with Gasteiger partial charge in [-0.1, -0.05) is 13.8 Å². The molecule has 1 aromatic heterocycles. The highest BCUT2D eigenvalue weighted by molar-refractivity contribution is 4.89. The van der Waals surface area contributed by atoms with Crippen molar-refractivity contribution in [2.75, 3.05) is 0 Å². The molecule has 0 amide bonds. The normalized spacial score (nSPS) is 13.2. The lowest BCUT2D eigenvalue weighted by molar-refractivity contribution is 0.491. The summed E-state index contributed by atoms with van der Waals surface area (Å²) in [5, 5.41) is 7.61. The Morgan fingerprint density at radius 1 is 1.31 bits per heavy atom. The van der Waals surface area contributed by atoms with Crippen LogP contribution in [0.1, 0.15) is 38.6 Å². The predicted octanol–water partition coefficient (Wildman–Crippen LogP) is 1.31. The van der Waals surface area contributed by atoms with Gasteiger partial charge in [-0.25, -0.2) is 4.98 Å². The molecule has 72 valence electrons. The minimum Gasteiger partial charge on any atom is -0.321 e. The fourth-order valence-electron chi connectivity index (χ4n) is 1.07. The third-order valence-electron chi connectivity index (χ3n) is 1.89. The monoisotopic (exact) mass is 180 g/mol. The number of rotatable bonds is 4. The second-order valence-corrected chi connectivity index (χ2v) is 3.58. The average Bonchev–Trinajstić information content (AvgIpc) is 2.15. The smallest absolute Gasteiger partial charge is 0.167 e. The maximum Gasteiger partial charge on any atom is 0.167 e. The summed E-state index contributed by atoms with van der Waals surface area (Å²) >= 11 is 0. The molecule has 13 heavy (non-hydrogen) atoms. The van der Waals surface area contributed by atoms with Crippen LogP contribution in [0.25, 0.3) is 0 Å². The van der Waals surface area contributed by atoms with Crippen LogP contribution in [0.3, 0.4) is 0 Å². The van der Waals surface area contributed by atoms with E-state index in [1.807, 2.05) is 0 Å². The molecule has 1 unspecified atom stereocenters. The van der Waals surface area contributed by atoms with E-state index in [1.54, 1.807) is 12.4 Å². The van der Waals surface area contributed by atoms with E-state index in [9.17, 15) is 0 Å². The quantitative estimate of drug-likeness (QED) is 0.758. The zero-order valence-electron chi connectivity index (χ0n) is 8.14. The first-order valence-electron chi connectivity index (χ1n) is 4.59. The molecule has 0 aromatic carbocycles. The van der Waals surface area contributed by atoms with Crippen molar-refractivity contribution in [3.63, 3.8) is 0 Å². The van der Waals surface area contributed by atoms with Crippen molar-refractivity contribution in [3.05, 3.63) is 18.2 Å². The second kappa shape index (κ2) is 4.87. The average molecular weight is 180 g/mol. The van der Waals surface area contributed by atoms with E-state index in [-0.39, 0.29) is 6.04 Å². The Kier molecular flexibility index (Phi) is 3.76. The van der Waals surface area contributed by atoms with Crippen molar-refractivity contribution in [1.82, 2.24) is 15.2 Å². The molecule has 1 rings (SSSR count). The third kappa shape index (κ3) is 3.46. The predicted molar refractivity (Wildman–Crippen MR) is 50.8 cm³/mol. The van der Waals surface area contributed by atoms with Crippen molar-refractivity contribution in [1.29, 1.82) is 0 Å². The summed E-state index contributed by atoms with van der Waals surface area (Å²) in [6, 6.07) is -0.0731. The maximum atomic E-state index is 5.88. The lowest BCUT2D eigenvalue weighted by atomic mass is 10.0. The van der Waals surface area contributed by atoms with Crippen molar-refractivity contribution in [2.45, 2.75) is 32.7 Å². The molecular weight excluding hydrogens is 164 g/mol. The minimum atomic E-state index is -0.0731. The van der Waals surface area contributed by atoms with Crippen LogP contribution < -0.4 is 5.73 Å². The van der Waals surface area contributed by atoms with E-state index in [4.69, 9.17) is 5.73 Å². The third-order valence-corrected chi connectivity index (χ3v) is 1.89. The van der Waals surface area contributed by atoms with Crippen molar-refractivity contribution in [3.8, 4) is 0 Å². The first-order chi connectivity index (χ1) is 6.20. The molecule has 4 nitrogen and oxygen atoms in total. The Bertz CT molecular complexity index is 235. The summed E-state index contributed by atoms with van der Waals surface area (Å²) in [4.78, 5) is 4.06. The standard InChI is InChI=1S/C9H16N4/c1-7(2)3-4-8(10)9-11-5-6-12-13-9/h5-8H,3-4,10H2,1-2H3. The summed E-state index contributed by atoms with van der Waals surface area (Å²) in [6.45, 7) is 4.35. The SMILES string of the molecule is CC(C)CCC(N)c1nccnn1. The fourth-order valence-corrected chi connectivity index (χ4v) is 1.07. The lowest BCUT2D eigenvalue weighted by Gasteiger charge is -2.10. The topological polar surface area (TPSA) is 64.7 Å². The van der Waals surface area contributed by atoms with Crippen LogP contribution in [-0.4, -0.2) is 15.2 Å². The molecule has 1 atom stereocenters. The molecule has 0 saturated carbocycles. The van der Waals surface area contributed by atoms with Gasteiger partial charge in [-0.3, -0.25) is 0 Å². The van der Waals surface area contributed by atoms with Crippen LogP contribution in [0, 0.1) is 5.92 Å². The molecule has 2 N–H and O–H groups in total. The van der Waals surface area contributed by atoms with E-state index in [2.05, 4.69) is 29.0 Å². The molecule has 0 aliphatic rings. The molecule has 4 heteroatoms. The molecule has 0 spiro atoms. The van der Waals surface area contributed by atoms with E-state index in [1.165, 1.54) is 0 Å². The van der Waals surface area contributed by atoms with Gasteiger partial charge in [0.2, 0.25) is 0 Å². The van der Waals surface area contributed by atoms with Crippen LogP contribution in [-0.2, 0) is 0 Å². The highest BCUT2D eigenvalue weighted by atomic mass is 15.1. The maximum absolute atomic E-state index is 5.88. The van der Waals surface area contributed by atoms with Gasteiger partial charge >= 0.3 is 0 Å². The van der Waals surface area contributed by atoms with E-state index >= 15 is 0 Å². The van der Waals surface area contributed by atoms with Crippen LogP contribution in [0.2, 0.25) is 0 Å². The largest absolute Gasteiger partial charge is 0.321 e. The molecule has 0 saturated heterocycles. The van der Waals surface area contributed by atoms with Gasteiger partial charge in [0, 0.05) is 6.20 Å². The fraction of sp³-hybridized carbons (Fsp3) is 0.667. The lowest BCUT2D eigenvalue weighted by Crippen LogP contribution is -2.15. The van der Waals surface area contributed by atoms with Crippen LogP contribution in [0.4, 0.5) is 0 Å². The first-order valence-corrected chi connectivity index (χ1v) is 4.59. The summed E-state index contributed by atoms with van der Waals surface area (Å²) < 4.78 is 0. The van der Waals surface area contributed by atoms with Gasteiger partial charge in [-0.15, -0.1) is 5.10 Å². The molecule has 1 aromatic rings. The second-order valence-electron chi connectivity index (χ2n) is 3.58. The first kappa shape index (κ1) is 10.1. The van der Waals surface area contributed by atoms with Gasteiger partial charge in [0.15, 0.2) is 5.82 Å². The van der Waals surface area contributed by atoms with Gasteiger partial charge in [0.25, 0.3) is 0 Å². The van der Waals surface area contributed by atoms with Crippen LogP contribution in [0.5, 0.6) is 0 Å². The number of hydrogen-bond donors (Lipinski definition) is 1. The zero-order chi connectivity index (χ0) is 9.68.